The average Bonchev–Trinajstić information content (AvgIpc) is 2.42. The second-order valence-corrected chi connectivity index (χ2v) is 7.10. The fraction of sp³-hybridized carbons (Fsp3) is 0.647. The first-order valence-electron chi connectivity index (χ1n) is 8.00. The predicted octanol–water partition coefficient (Wildman–Crippen LogP) is 2.42. The number of nitrogens with zero attached hydrogens (tertiary/aromatic N) is 2. The average molecular weight is 308 g/mol. The van der Waals surface area contributed by atoms with Crippen LogP contribution in [0.1, 0.15) is 24.3 Å². The van der Waals surface area contributed by atoms with Crippen molar-refractivity contribution >= 4 is 11.6 Å². The summed E-state index contributed by atoms with van der Waals surface area (Å²) < 4.78 is 0. The van der Waals surface area contributed by atoms with E-state index in [0.29, 0.717) is 18.0 Å². The highest BCUT2D eigenvalue weighted by Gasteiger charge is 2.32. The molecule has 3 nitrogen and oxygen atoms in total. The highest BCUT2D eigenvalue weighted by molar-refractivity contribution is 6.31. The number of hydrogen-bond acceptors (Lipinski definition) is 3. The van der Waals surface area contributed by atoms with E-state index < -0.39 is 0 Å². The molecule has 0 aromatic heterocycles. The third-order valence-electron chi connectivity index (χ3n) is 5.11. The number of piperazine rings is 1. The van der Waals surface area contributed by atoms with E-state index in [2.05, 4.69) is 41.3 Å². The van der Waals surface area contributed by atoms with Crippen molar-refractivity contribution in [3.05, 3.63) is 34.9 Å². The Morgan fingerprint density at radius 3 is 2.71 bits per heavy atom. The highest BCUT2D eigenvalue weighted by atomic mass is 35.5. The van der Waals surface area contributed by atoms with Crippen molar-refractivity contribution in [2.24, 2.45) is 0 Å². The van der Waals surface area contributed by atoms with Crippen LogP contribution in [0.15, 0.2) is 24.3 Å². The van der Waals surface area contributed by atoms with Gasteiger partial charge in [0.05, 0.1) is 0 Å². The Hall–Kier alpha value is -0.610. The van der Waals surface area contributed by atoms with Gasteiger partial charge in [-0.1, -0.05) is 29.8 Å². The normalized spacial score (nSPS) is 31.1. The summed E-state index contributed by atoms with van der Waals surface area (Å²) in [4.78, 5) is 4.91. The van der Waals surface area contributed by atoms with Gasteiger partial charge in [-0.2, -0.15) is 0 Å². The molecule has 0 amide bonds. The largest absolute Gasteiger partial charge is 0.312 e. The number of halogens is 1. The van der Waals surface area contributed by atoms with Gasteiger partial charge in [0.25, 0.3) is 0 Å². The first-order valence-corrected chi connectivity index (χ1v) is 8.38. The number of likely N-dealkylation sites (N-methyl/N-ethyl adjacent to an activating group) is 2. The fourth-order valence-corrected chi connectivity index (χ4v) is 3.76. The van der Waals surface area contributed by atoms with E-state index in [9.17, 15) is 0 Å². The van der Waals surface area contributed by atoms with Gasteiger partial charge in [0, 0.05) is 43.3 Å². The van der Waals surface area contributed by atoms with Crippen LogP contribution in [-0.4, -0.2) is 62.2 Å². The van der Waals surface area contributed by atoms with E-state index in [-0.39, 0.29) is 0 Å². The van der Waals surface area contributed by atoms with Crippen LogP contribution in [0, 0.1) is 0 Å². The Morgan fingerprint density at radius 1 is 1.19 bits per heavy atom. The standard InChI is InChI=1S/C17H26ClN3/c1-20-7-8-21(2)15(12-20)11-19-14-9-13(10-14)16-5-3-4-6-17(16)18/h3-6,13-15,19H,7-12H2,1-2H3. The van der Waals surface area contributed by atoms with Crippen LogP contribution in [0.4, 0.5) is 0 Å². The summed E-state index contributed by atoms with van der Waals surface area (Å²) in [6, 6.07) is 9.58. The quantitative estimate of drug-likeness (QED) is 0.921. The second kappa shape index (κ2) is 6.66. The highest BCUT2D eigenvalue weighted by Crippen LogP contribution is 2.39. The third kappa shape index (κ3) is 3.59. The summed E-state index contributed by atoms with van der Waals surface area (Å²) in [5.41, 5.74) is 1.33. The molecule has 0 spiro atoms. The number of hydrogen-bond donors (Lipinski definition) is 1. The summed E-state index contributed by atoms with van der Waals surface area (Å²) in [6.45, 7) is 4.63. The predicted molar refractivity (Wildman–Crippen MR) is 89.1 cm³/mol. The minimum absolute atomic E-state index is 0.642. The maximum atomic E-state index is 6.28. The van der Waals surface area contributed by atoms with Crippen molar-refractivity contribution in [2.45, 2.75) is 30.8 Å². The molecule has 1 N–H and O–H groups in total. The molecule has 116 valence electrons. The number of benzene rings is 1. The molecule has 1 aliphatic carbocycles. The SMILES string of the molecule is CN1CCN(C)C(CNC2CC(c3ccccc3Cl)C2)C1. The number of nitrogens with one attached hydrogen (secondary N) is 1. The Bertz CT molecular complexity index is 473. The van der Waals surface area contributed by atoms with Gasteiger partial charge >= 0.3 is 0 Å². The zero-order valence-electron chi connectivity index (χ0n) is 13.1. The summed E-state index contributed by atoms with van der Waals surface area (Å²) in [7, 11) is 4.46. The zero-order chi connectivity index (χ0) is 14.8. The van der Waals surface area contributed by atoms with Crippen molar-refractivity contribution in [2.75, 3.05) is 40.3 Å². The fourth-order valence-electron chi connectivity index (χ4n) is 3.47. The van der Waals surface area contributed by atoms with Crippen molar-refractivity contribution in [1.29, 1.82) is 0 Å². The smallest absolute Gasteiger partial charge is 0.0440 e. The Morgan fingerprint density at radius 2 is 1.95 bits per heavy atom. The van der Waals surface area contributed by atoms with E-state index in [4.69, 9.17) is 11.6 Å². The van der Waals surface area contributed by atoms with Gasteiger partial charge in [0.2, 0.25) is 0 Å². The molecule has 1 aliphatic heterocycles. The lowest BCUT2D eigenvalue weighted by atomic mass is 9.76. The molecule has 0 radical (unpaired) electrons. The summed E-state index contributed by atoms with van der Waals surface area (Å²) in [5.74, 6) is 0.642. The van der Waals surface area contributed by atoms with E-state index in [1.54, 1.807) is 0 Å². The molecule has 2 fully saturated rings. The molecule has 1 saturated heterocycles. The van der Waals surface area contributed by atoms with Crippen molar-refractivity contribution in [1.82, 2.24) is 15.1 Å². The van der Waals surface area contributed by atoms with Crippen molar-refractivity contribution in [3.63, 3.8) is 0 Å². The van der Waals surface area contributed by atoms with Gasteiger partial charge in [-0.05, 0) is 44.5 Å². The molecule has 1 saturated carbocycles. The van der Waals surface area contributed by atoms with Crippen molar-refractivity contribution < 1.29 is 0 Å². The minimum Gasteiger partial charge on any atom is -0.312 e. The molecule has 21 heavy (non-hydrogen) atoms. The lowest BCUT2D eigenvalue weighted by Gasteiger charge is -2.41. The third-order valence-corrected chi connectivity index (χ3v) is 5.45. The summed E-state index contributed by atoms with van der Waals surface area (Å²) in [6.07, 6.45) is 2.44. The second-order valence-electron chi connectivity index (χ2n) is 6.69. The molecule has 1 heterocycles. The molecule has 1 aromatic rings. The van der Waals surface area contributed by atoms with E-state index >= 15 is 0 Å². The molecule has 1 aromatic carbocycles. The van der Waals surface area contributed by atoms with Gasteiger partial charge in [0.15, 0.2) is 0 Å². The van der Waals surface area contributed by atoms with Crippen LogP contribution in [0.2, 0.25) is 5.02 Å². The van der Waals surface area contributed by atoms with Gasteiger partial charge in [-0.3, -0.25) is 4.90 Å². The van der Waals surface area contributed by atoms with E-state index in [1.165, 1.54) is 38.0 Å². The van der Waals surface area contributed by atoms with E-state index in [1.807, 2.05) is 12.1 Å². The maximum absolute atomic E-state index is 6.28. The number of rotatable bonds is 4. The molecular formula is C17H26ClN3. The molecule has 1 unspecified atom stereocenters. The molecular weight excluding hydrogens is 282 g/mol. The molecule has 3 rings (SSSR count). The topological polar surface area (TPSA) is 18.5 Å². The van der Waals surface area contributed by atoms with Gasteiger partial charge < -0.3 is 10.2 Å². The summed E-state index contributed by atoms with van der Waals surface area (Å²) >= 11 is 6.28. The monoisotopic (exact) mass is 307 g/mol. The summed E-state index contributed by atoms with van der Waals surface area (Å²) in [5, 5.41) is 4.67. The van der Waals surface area contributed by atoms with Crippen LogP contribution in [0.3, 0.4) is 0 Å². The van der Waals surface area contributed by atoms with Gasteiger partial charge in [-0.25, -0.2) is 0 Å². The van der Waals surface area contributed by atoms with Crippen LogP contribution < -0.4 is 5.32 Å². The van der Waals surface area contributed by atoms with Crippen molar-refractivity contribution in [3.8, 4) is 0 Å². The Kier molecular flexibility index (Phi) is 4.85. The van der Waals surface area contributed by atoms with E-state index in [0.717, 1.165) is 11.6 Å². The molecule has 4 heteroatoms. The lowest BCUT2D eigenvalue weighted by Crippen LogP contribution is -2.55. The van der Waals surface area contributed by atoms with Crippen LogP contribution in [0.25, 0.3) is 0 Å². The van der Waals surface area contributed by atoms with Crippen LogP contribution in [0.5, 0.6) is 0 Å². The van der Waals surface area contributed by atoms with Crippen LogP contribution in [-0.2, 0) is 0 Å². The molecule has 1 atom stereocenters. The lowest BCUT2D eigenvalue weighted by molar-refractivity contribution is 0.107. The maximum Gasteiger partial charge on any atom is 0.0440 e. The Labute approximate surface area is 133 Å². The Balaban J connectivity index is 1.44. The molecule has 0 bridgehead atoms. The first kappa shape index (κ1) is 15.3. The zero-order valence-corrected chi connectivity index (χ0v) is 13.8. The first-order chi connectivity index (χ1) is 10.1. The molecule has 2 aliphatic rings. The minimum atomic E-state index is 0.642. The van der Waals surface area contributed by atoms with Crippen LogP contribution >= 0.6 is 11.6 Å². The van der Waals surface area contributed by atoms with Gasteiger partial charge in [-0.15, -0.1) is 0 Å². The van der Waals surface area contributed by atoms with Gasteiger partial charge in [0.1, 0.15) is 0 Å².